The number of hydrogen-bond donors (Lipinski definition) is 2. The zero-order valence-electron chi connectivity index (χ0n) is 11.0. The lowest BCUT2D eigenvalue weighted by Gasteiger charge is -2.28. The monoisotopic (exact) mass is 272 g/mol. The molecule has 0 spiro atoms. The first-order chi connectivity index (χ1) is 9.65. The Morgan fingerprint density at radius 1 is 1.40 bits per heavy atom. The minimum absolute atomic E-state index is 0.210. The van der Waals surface area contributed by atoms with E-state index in [4.69, 9.17) is 5.73 Å². The number of nitrogens with zero attached hydrogens (tertiary/aromatic N) is 3. The summed E-state index contributed by atoms with van der Waals surface area (Å²) in [5.41, 5.74) is 7.04. The van der Waals surface area contributed by atoms with E-state index in [1.165, 1.54) is 0 Å². The molecule has 2 aromatic rings. The van der Waals surface area contributed by atoms with Crippen molar-refractivity contribution in [2.24, 2.45) is 0 Å². The molecule has 3 N–H and O–H groups in total. The van der Waals surface area contributed by atoms with Crippen LogP contribution in [0.1, 0.15) is 21.7 Å². The van der Waals surface area contributed by atoms with Crippen LogP contribution in [-0.2, 0) is 19.6 Å². The molecule has 0 atom stereocenters. The van der Waals surface area contributed by atoms with Crippen LogP contribution in [0.5, 0.6) is 0 Å². The van der Waals surface area contributed by atoms with Crippen LogP contribution in [0.2, 0.25) is 0 Å². The molecule has 1 aliphatic heterocycles. The molecule has 0 saturated carbocycles. The van der Waals surface area contributed by atoms with E-state index in [2.05, 4.69) is 14.5 Å². The van der Waals surface area contributed by atoms with Crippen LogP contribution in [-0.4, -0.2) is 32.1 Å². The maximum absolute atomic E-state index is 11.3. The zero-order chi connectivity index (χ0) is 14.1. The average Bonchev–Trinajstić information content (AvgIpc) is 2.85. The molecule has 6 nitrogen and oxygen atoms in total. The van der Waals surface area contributed by atoms with Crippen LogP contribution in [0.4, 0.5) is 5.69 Å². The number of aromatic carboxylic acids is 1. The Bertz CT molecular complexity index is 650. The van der Waals surface area contributed by atoms with Gasteiger partial charge >= 0.3 is 5.97 Å². The Hall–Kier alpha value is -2.34. The maximum atomic E-state index is 11.3. The summed E-state index contributed by atoms with van der Waals surface area (Å²) in [4.78, 5) is 17.8. The number of hydrogen-bond acceptors (Lipinski definition) is 4. The molecule has 6 heteroatoms. The minimum atomic E-state index is -0.975. The fourth-order valence-electron chi connectivity index (χ4n) is 2.61. The lowest BCUT2D eigenvalue weighted by Crippen LogP contribution is -2.33. The SMILES string of the molecule is Nc1cccc(CN2CCn3ccnc3C2)c1C(=O)O. The first kappa shape index (κ1) is 12.7. The van der Waals surface area contributed by atoms with Gasteiger partial charge in [-0.05, 0) is 11.6 Å². The van der Waals surface area contributed by atoms with Crippen molar-refractivity contribution in [2.75, 3.05) is 12.3 Å². The summed E-state index contributed by atoms with van der Waals surface area (Å²) in [6, 6.07) is 5.23. The Balaban J connectivity index is 1.83. The molecule has 1 aromatic heterocycles. The third-order valence-electron chi connectivity index (χ3n) is 3.61. The van der Waals surface area contributed by atoms with Crippen LogP contribution in [0.25, 0.3) is 0 Å². The lowest BCUT2D eigenvalue weighted by molar-refractivity contribution is 0.0695. The summed E-state index contributed by atoms with van der Waals surface area (Å²) in [6.07, 6.45) is 3.76. The van der Waals surface area contributed by atoms with Gasteiger partial charge in [0.05, 0.1) is 12.1 Å². The van der Waals surface area contributed by atoms with E-state index in [9.17, 15) is 9.90 Å². The van der Waals surface area contributed by atoms with Gasteiger partial charge in [-0.1, -0.05) is 12.1 Å². The summed E-state index contributed by atoms with van der Waals surface area (Å²) >= 11 is 0. The second-order valence-corrected chi connectivity index (χ2v) is 4.93. The quantitative estimate of drug-likeness (QED) is 0.820. The summed E-state index contributed by atoms with van der Waals surface area (Å²) in [5.74, 6) is 0.0358. The number of anilines is 1. The van der Waals surface area contributed by atoms with E-state index in [1.54, 1.807) is 18.3 Å². The molecule has 0 unspecified atom stereocenters. The first-order valence-electron chi connectivity index (χ1n) is 6.48. The number of aromatic nitrogens is 2. The topological polar surface area (TPSA) is 84.4 Å². The number of nitrogens with two attached hydrogens (primary N) is 1. The maximum Gasteiger partial charge on any atom is 0.338 e. The highest BCUT2D eigenvalue weighted by atomic mass is 16.4. The summed E-state index contributed by atoms with van der Waals surface area (Å²) < 4.78 is 2.12. The van der Waals surface area contributed by atoms with Crippen molar-refractivity contribution in [3.8, 4) is 0 Å². The van der Waals surface area contributed by atoms with E-state index >= 15 is 0 Å². The van der Waals surface area contributed by atoms with Crippen molar-refractivity contribution in [1.29, 1.82) is 0 Å². The molecular weight excluding hydrogens is 256 g/mol. The third kappa shape index (κ3) is 2.25. The highest BCUT2D eigenvalue weighted by molar-refractivity contribution is 5.95. The van der Waals surface area contributed by atoms with E-state index in [1.807, 2.05) is 12.3 Å². The predicted octanol–water partition coefficient (Wildman–Crippen LogP) is 1.18. The Kier molecular flexibility index (Phi) is 3.15. The number of benzene rings is 1. The highest BCUT2D eigenvalue weighted by Crippen LogP contribution is 2.21. The predicted molar refractivity (Wildman–Crippen MR) is 74.2 cm³/mol. The lowest BCUT2D eigenvalue weighted by atomic mass is 10.0. The van der Waals surface area contributed by atoms with Crippen LogP contribution in [0, 0.1) is 0 Å². The van der Waals surface area contributed by atoms with Crippen molar-refractivity contribution in [1.82, 2.24) is 14.5 Å². The molecular formula is C14H16N4O2. The molecule has 3 rings (SSSR count). The van der Waals surface area contributed by atoms with Crippen molar-refractivity contribution in [3.63, 3.8) is 0 Å². The van der Waals surface area contributed by atoms with Crippen molar-refractivity contribution < 1.29 is 9.90 Å². The molecule has 0 amide bonds. The van der Waals surface area contributed by atoms with Crippen molar-refractivity contribution >= 4 is 11.7 Å². The van der Waals surface area contributed by atoms with Gasteiger partial charge in [0.15, 0.2) is 0 Å². The summed E-state index contributed by atoms with van der Waals surface area (Å²) in [6.45, 7) is 3.04. The van der Waals surface area contributed by atoms with Gasteiger partial charge in [-0.15, -0.1) is 0 Å². The van der Waals surface area contributed by atoms with Gasteiger partial charge < -0.3 is 15.4 Å². The van der Waals surface area contributed by atoms with Gasteiger partial charge in [0.2, 0.25) is 0 Å². The normalized spacial score (nSPS) is 15.0. The van der Waals surface area contributed by atoms with Crippen LogP contribution < -0.4 is 5.73 Å². The van der Waals surface area contributed by atoms with Gasteiger partial charge in [0.25, 0.3) is 0 Å². The van der Waals surface area contributed by atoms with E-state index in [-0.39, 0.29) is 5.56 Å². The fraction of sp³-hybridized carbons (Fsp3) is 0.286. The smallest absolute Gasteiger partial charge is 0.338 e. The molecule has 0 fully saturated rings. The number of fused-ring (bicyclic) bond motifs is 1. The van der Waals surface area contributed by atoms with E-state index < -0.39 is 5.97 Å². The Labute approximate surface area is 116 Å². The van der Waals surface area contributed by atoms with Gasteiger partial charge in [0.1, 0.15) is 5.82 Å². The van der Waals surface area contributed by atoms with Crippen LogP contribution >= 0.6 is 0 Å². The second kappa shape index (κ2) is 4.97. The summed E-state index contributed by atoms with van der Waals surface area (Å²) in [7, 11) is 0. The van der Waals surface area contributed by atoms with Crippen LogP contribution in [0.3, 0.4) is 0 Å². The molecule has 0 bridgehead atoms. The molecule has 2 heterocycles. The third-order valence-corrected chi connectivity index (χ3v) is 3.61. The number of carboxylic acid groups (broad SMARTS) is 1. The molecule has 1 aliphatic rings. The number of nitrogen functional groups attached to an aromatic ring is 1. The molecule has 0 radical (unpaired) electrons. The van der Waals surface area contributed by atoms with Gasteiger partial charge in [-0.2, -0.15) is 0 Å². The Morgan fingerprint density at radius 3 is 3.05 bits per heavy atom. The van der Waals surface area contributed by atoms with E-state index in [0.717, 1.165) is 31.0 Å². The first-order valence-corrected chi connectivity index (χ1v) is 6.48. The van der Waals surface area contributed by atoms with Gasteiger partial charge in [-0.25, -0.2) is 9.78 Å². The Morgan fingerprint density at radius 2 is 2.25 bits per heavy atom. The number of carboxylic acids is 1. The minimum Gasteiger partial charge on any atom is -0.478 e. The van der Waals surface area contributed by atoms with Crippen LogP contribution in [0.15, 0.2) is 30.6 Å². The van der Waals surface area contributed by atoms with Gasteiger partial charge in [0, 0.05) is 37.7 Å². The van der Waals surface area contributed by atoms with Crippen molar-refractivity contribution in [3.05, 3.63) is 47.5 Å². The highest BCUT2D eigenvalue weighted by Gasteiger charge is 2.20. The standard InChI is InChI=1S/C14H16N4O2/c15-11-3-1-2-10(13(11)14(19)20)8-17-6-7-18-5-4-16-12(18)9-17/h1-5H,6-9,15H2,(H,19,20). The van der Waals surface area contributed by atoms with Crippen molar-refractivity contribution in [2.45, 2.75) is 19.6 Å². The fourth-order valence-corrected chi connectivity index (χ4v) is 2.61. The zero-order valence-corrected chi connectivity index (χ0v) is 11.0. The van der Waals surface area contributed by atoms with E-state index in [0.29, 0.717) is 12.2 Å². The number of rotatable bonds is 3. The van der Waals surface area contributed by atoms with Gasteiger partial charge in [-0.3, -0.25) is 4.90 Å². The number of carbonyl (C=O) groups is 1. The molecule has 104 valence electrons. The summed E-state index contributed by atoms with van der Waals surface area (Å²) in [5, 5.41) is 9.29. The molecule has 0 aliphatic carbocycles. The molecule has 20 heavy (non-hydrogen) atoms. The largest absolute Gasteiger partial charge is 0.478 e. The average molecular weight is 272 g/mol. The molecule has 1 aromatic carbocycles. The molecule has 0 saturated heterocycles. The second-order valence-electron chi connectivity index (χ2n) is 4.93. The number of imidazole rings is 1.